The summed E-state index contributed by atoms with van der Waals surface area (Å²) in [6.07, 6.45) is 3.02. The Morgan fingerprint density at radius 3 is 2.75 bits per heavy atom. The molecule has 0 radical (unpaired) electrons. The number of anilines is 1. The molecule has 3 rings (SSSR count). The maximum Gasteiger partial charge on any atom is 0.326 e. The molecule has 2 amide bonds. The molecule has 7 heteroatoms. The number of hydrogen-bond donors (Lipinski definition) is 2. The number of aliphatic carboxylic acids is 1. The molecule has 128 valence electrons. The van der Waals surface area contributed by atoms with Gasteiger partial charge in [-0.3, -0.25) is 9.59 Å². The van der Waals surface area contributed by atoms with Gasteiger partial charge >= 0.3 is 5.97 Å². The zero-order valence-electron chi connectivity index (χ0n) is 13.2. The van der Waals surface area contributed by atoms with Gasteiger partial charge in [-0.25, -0.2) is 4.79 Å². The number of hydrogen-bond acceptors (Lipinski definition) is 4. The van der Waals surface area contributed by atoms with E-state index >= 15 is 0 Å². The van der Waals surface area contributed by atoms with Crippen molar-refractivity contribution >= 4 is 23.5 Å². The Balaban J connectivity index is 1.55. The highest BCUT2D eigenvalue weighted by Gasteiger charge is 2.34. The van der Waals surface area contributed by atoms with E-state index < -0.39 is 12.0 Å². The van der Waals surface area contributed by atoms with Crippen LogP contribution in [0.25, 0.3) is 0 Å². The molecular formula is C17H20N2O5. The van der Waals surface area contributed by atoms with Gasteiger partial charge in [-0.1, -0.05) is 6.07 Å². The van der Waals surface area contributed by atoms with Gasteiger partial charge < -0.3 is 20.1 Å². The van der Waals surface area contributed by atoms with Gasteiger partial charge in [-0.15, -0.1) is 0 Å². The Morgan fingerprint density at radius 2 is 2.04 bits per heavy atom. The highest BCUT2D eigenvalue weighted by molar-refractivity contribution is 5.94. The van der Waals surface area contributed by atoms with Crippen LogP contribution in [0.5, 0.6) is 5.75 Å². The lowest BCUT2D eigenvalue weighted by molar-refractivity contribution is -0.148. The van der Waals surface area contributed by atoms with E-state index in [0.717, 1.165) is 12.8 Å². The number of nitrogens with zero attached hydrogens (tertiary/aromatic N) is 1. The first-order valence-corrected chi connectivity index (χ1v) is 8.10. The van der Waals surface area contributed by atoms with Crippen LogP contribution in [0, 0.1) is 5.92 Å². The van der Waals surface area contributed by atoms with Crippen molar-refractivity contribution in [1.82, 2.24) is 4.90 Å². The van der Waals surface area contributed by atoms with Crippen molar-refractivity contribution in [3.05, 3.63) is 24.3 Å². The third-order valence-electron chi connectivity index (χ3n) is 4.27. The summed E-state index contributed by atoms with van der Waals surface area (Å²) in [5.41, 5.74) is 0.626. The molecule has 0 spiro atoms. The molecule has 1 atom stereocenters. The van der Waals surface area contributed by atoms with Gasteiger partial charge in [0.05, 0.1) is 0 Å². The number of ether oxygens (including phenoxy) is 1. The maximum absolute atomic E-state index is 12.2. The fourth-order valence-electron chi connectivity index (χ4n) is 2.80. The largest absolute Gasteiger partial charge is 0.484 e. The van der Waals surface area contributed by atoms with Gasteiger partial charge in [-0.05, 0) is 37.8 Å². The number of carbonyl (C=O) groups is 3. The Kier molecular flexibility index (Phi) is 4.69. The lowest BCUT2D eigenvalue weighted by Crippen LogP contribution is -2.42. The minimum atomic E-state index is -0.981. The van der Waals surface area contributed by atoms with Crippen LogP contribution in [0.2, 0.25) is 0 Å². The van der Waals surface area contributed by atoms with E-state index in [-0.39, 0.29) is 24.3 Å². The average molecular weight is 332 g/mol. The van der Waals surface area contributed by atoms with E-state index in [9.17, 15) is 14.4 Å². The van der Waals surface area contributed by atoms with Gasteiger partial charge in [0.15, 0.2) is 6.61 Å². The molecule has 0 aromatic heterocycles. The number of carbonyl (C=O) groups excluding carboxylic acids is 2. The van der Waals surface area contributed by atoms with Crippen LogP contribution >= 0.6 is 0 Å². The molecule has 1 aliphatic carbocycles. The second-order valence-electron chi connectivity index (χ2n) is 6.16. The van der Waals surface area contributed by atoms with Gasteiger partial charge in [0.1, 0.15) is 11.8 Å². The molecular weight excluding hydrogens is 312 g/mol. The molecule has 7 nitrogen and oxygen atoms in total. The maximum atomic E-state index is 12.2. The summed E-state index contributed by atoms with van der Waals surface area (Å²) >= 11 is 0. The van der Waals surface area contributed by atoms with Gasteiger partial charge in [-0.2, -0.15) is 0 Å². The molecule has 1 unspecified atom stereocenters. The van der Waals surface area contributed by atoms with Crippen molar-refractivity contribution in [3.63, 3.8) is 0 Å². The predicted molar refractivity (Wildman–Crippen MR) is 85.7 cm³/mol. The van der Waals surface area contributed by atoms with Crippen LogP contribution in [0.15, 0.2) is 24.3 Å². The summed E-state index contributed by atoms with van der Waals surface area (Å²) in [7, 11) is 0. The minimum absolute atomic E-state index is 0.00425. The SMILES string of the molecule is O=C(Nc1cccc(OCC(=O)N2CCCC2C(=O)O)c1)C1CC1. The van der Waals surface area contributed by atoms with Crippen LogP contribution in [0.3, 0.4) is 0 Å². The number of carboxylic acid groups (broad SMARTS) is 1. The number of nitrogens with one attached hydrogen (secondary N) is 1. The molecule has 0 bridgehead atoms. The summed E-state index contributed by atoms with van der Waals surface area (Å²) in [6.45, 7) is 0.223. The number of carboxylic acids is 1. The fraction of sp³-hybridized carbons (Fsp3) is 0.471. The topological polar surface area (TPSA) is 95.9 Å². The van der Waals surface area contributed by atoms with Gasteiger partial charge in [0.2, 0.25) is 5.91 Å². The van der Waals surface area contributed by atoms with Crippen LogP contribution in [-0.4, -0.2) is 47.0 Å². The van der Waals surface area contributed by atoms with E-state index in [0.29, 0.717) is 30.8 Å². The predicted octanol–water partition coefficient (Wildman–Crippen LogP) is 1.49. The lowest BCUT2D eigenvalue weighted by Gasteiger charge is -2.21. The van der Waals surface area contributed by atoms with E-state index in [1.165, 1.54) is 4.90 Å². The quantitative estimate of drug-likeness (QED) is 0.823. The minimum Gasteiger partial charge on any atom is -0.484 e. The first-order valence-electron chi connectivity index (χ1n) is 8.10. The molecule has 2 N–H and O–H groups in total. The molecule has 1 aliphatic heterocycles. The van der Waals surface area contributed by atoms with Crippen molar-refractivity contribution in [1.29, 1.82) is 0 Å². The number of amides is 2. The Morgan fingerprint density at radius 1 is 1.25 bits per heavy atom. The third kappa shape index (κ3) is 3.84. The summed E-state index contributed by atoms with van der Waals surface area (Å²) < 4.78 is 5.47. The van der Waals surface area contributed by atoms with Crippen LogP contribution in [0.1, 0.15) is 25.7 Å². The van der Waals surface area contributed by atoms with Gasteiger partial charge in [0, 0.05) is 24.2 Å². The van der Waals surface area contributed by atoms with Crippen molar-refractivity contribution in [3.8, 4) is 5.75 Å². The number of benzene rings is 1. The van der Waals surface area contributed by atoms with Crippen LogP contribution in [-0.2, 0) is 14.4 Å². The van der Waals surface area contributed by atoms with E-state index in [2.05, 4.69) is 5.32 Å². The second kappa shape index (κ2) is 6.90. The van der Waals surface area contributed by atoms with Crippen molar-refractivity contribution in [2.75, 3.05) is 18.5 Å². The number of rotatable bonds is 6. The molecule has 1 aromatic rings. The lowest BCUT2D eigenvalue weighted by atomic mass is 10.2. The average Bonchev–Trinajstić information content (AvgIpc) is 3.29. The zero-order valence-corrected chi connectivity index (χ0v) is 13.2. The standard InChI is InChI=1S/C17H20N2O5/c20-15(19-8-2-5-14(19)17(22)23)10-24-13-4-1-3-12(9-13)18-16(21)11-6-7-11/h1,3-4,9,11,14H,2,5-8,10H2,(H,18,21)(H,22,23). The highest BCUT2D eigenvalue weighted by atomic mass is 16.5. The highest BCUT2D eigenvalue weighted by Crippen LogP contribution is 2.30. The molecule has 1 saturated heterocycles. The number of likely N-dealkylation sites (tertiary alicyclic amines) is 1. The molecule has 2 fully saturated rings. The smallest absolute Gasteiger partial charge is 0.326 e. The molecule has 1 heterocycles. The first kappa shape index (κ1) is 16.3. The summed E-state index contributed by atoms with van der Waals surface area (Å²) in [6, 6.07) is 6.09. The zero-order chi connectivity index (χ0) is 17.1. The summed E-state index contributed by atoms with van der Waals surface area (Å²) in [4.78, 5) is 36.4. The Bertz CT molecular complexity index is 656. The van der Waals surface area contributed by atoms with Crippen molar-refractivity contribution < 1.29 is 24.2 Å². The first-order chi connectivity index (χ1) is 11.5. The van der Waals surface area contributed by atoms with Crippen LogP contribution in [0.4, 0.5) is 5.69 Å². The molecule has 1 saturated carbocycles. The second-order valence-corrected chi connectivity index (χ2v) is 6.16. The van der Waals surface area contributed by atoms with E-state index in [1.54, 1.807) is 24.3 Å². The summed E-state index contributed by atoms with van der Waals surface area (Å²) in [5.74, 6) is -0.746. The fourth-order valence-corrected chi connectivity index (χ4v) is 2.80. The Labute approximate surface area is 139 Å². The van der Waals surface area contributed by atoms with E-state index in [1.807, 2.05) is 0 Å². The summed E-state index contributed by atoms with van der Waals surface area (Å²) in [5, 5.41) is 11.9. The van der Waals surface area contributed by atoms with Crippen molar-refractivity contribution in [2.45, 2.75) is 31.7 Å². The molecule has 2 aliphatic rings. The normalized spacial score (nSPS) is 19.8. The monoisotopic (exact) mass is 332 g/mol. The molecule has 1 aromatic carbocycles. The molecule has 24 heavy (non-hydrogen) atoms. The van der Waals surface area contributed by atoms with Gasteiger partial charge in [0.25, 0.3) is 5.91 Å². The van der Waals surface area contributed by atoms with E-state index in [4.69, 9.17) is 9.84 Å². The third-order valence-corrected chi connectivity index (χ3v) is 4.27. The Hall–Kier alpha value is -2.57. The van der Waals surface area contributed by atoms with Crippen LogP contribution < -0.4 is 10.1 Å². The van der Waals surface area contributed by atoms with Crippen molar-refractivity contribution in [2.24, 2.45) is 5.92 Å².